The van der Waals surface area contributed by atoms with Gasteiger partial charge in [-0.05, 0) is 6.07 Å². The Labute approximate surface area is 102 Å². The zero-order valence-electron chi connectivity index (χ0n) is 9.00. The van der Waals surface area contributed by atoms with Gasteiger partial charge in [-0.25, -0.2) is 9.97 Å². The van der Waals surface area contributed by atoms with Gasteiger partial charge >= 0.3 is 0 Å². The normalized spacial score (nSPS) is 10.6. The van der Waals surface area contributed by atoms with E-state index in [4.69, 9.17) is 0 Å². The predicted octanol–water partition coefficient (Wildman–Crippen LogP) is 2.70. The molecule has 1 aromatic carbocycles. The number of rotatable bonds is 3. The highest BCUT2D eigenvalue weighted by Gasteiger charge is 1.99. The van der Waals surface area contributed by atoms with Crippen LogP contribution in [0.2, 0.25) is 0 Å². The summed E-state index contributed by atoms with van der Waals surface area (Å²) in [7, 11) is 0. The zero-order valence-corrected chi connectivity index (χ0v) is 9.81. The summed E-state index contributed by atoms with van der Waals surface area (Å²) >= 11 is 1.62. The van der Waals surface area contributed by atoms with Gasteiger partial charge < -0.3 is 5.32 Å². The van der Waals surface area contributed by atoms with E-state index in [-0.39, 0.29) is 0 Å². The van der Waals surface area contributed by atoms with Crippen LogP contribution in [-0.2, 0) is 6.54 Å². The average Bonchev–Trinajstić information content (AvgIpc) is 2.89. The van der Waals surface area contributed by atoms with Crippen molar-refractivity contribution in [3.8, 4) is 0 Å². The molecule has 1 N–H and O–H groups in total. The van der Waals surface area contributed by atoms with Gasteiger partial charge in [0.15, 0.2) is 0 Å². The van der Waals surface area contributed by atoms with E-state index >= 15 is 0 Å². The average molecular weight is 242 g/mol. The number of nitrogens with one attached hydrogen (secondary N) is 1. The molecule has 4 nitrogen and oxygen atoms in total. The van der Waals surface area contributed by atoms with Crippen LogP contribution in [0, 0.1) is 0 Å². The first-order valence-corrected chi connectivity index (χ1v) is 6.13. The van der Waals surface area contributed by atoms with Crippen LogP contribution >= 0.6 is 11.3 Å². The van der Waals surface area contributed by atoms with E-state index in [0.717, 1.165) is 10.9 Å². The van der Waals surface area contributed by atoms with Crippen LogP contribution in [0.1, 0.15) is 4.88 Å². The molecule has 0 aliphatic carbocycles. The lowest BCUT2D eigenvalue weighted by Gasteiger charge is -2.03. The highest BCUT2D eigenvalue weighted by Crippen LogP contribution is 2.13. The van der Waals surface area contributed by atoms with E-state index < -0.39 is 0 Å². The van der Waals surface area contributed by atoms with Crippen molar-refractivity contribution < 1.29 is 0 Å². The lowest BCUT2D eigenvalue weighted by molar-refractivity contribution is 1.09. The quantitative estimate of drug-likeness (QED) is 0.767. The fraction of sp³-hybridized carbons (Fsp3) is 0.0833. The molecular weight excluding hydrogens is 232 g/mol. The third-order valence-corrected chi connectivity index (χ3v) is 3.17. The lowest BCUT2D eigenvalue weighted by Crippen LogP contribution is -2.02. The maximum Gasteiger partial charge on any atom is 0.223 e. The molecule has 5 heteroatoms. The molecular formula is C12H10N4S. The van der Waals surface area contributed by atoms with Gasteiger partial charge in [0.05, 0.1) is 17.6 Å². The minimum atomic E-state index is 0.650. The van der Waals surface area contributed by atoms with Crippen molar-refractivity contribution >= 4 is 28.2 Å². The Morgan fingerprint density at radius 3 is 3.00 bits per heavy atom. The van der Waals surface area contributed by atoms with Crippen molar-refractivity contribution in [2.75, 3.05) is 5.32 Å². The standard InChI is InChI=1S/C12H10N4S/c1-2-4-11-9(3-1)5-14-12(16-11)15-7-10-6-13-8-17-10/h1-6,8H,7H2,(H,14,15,16). The van der Waals surface area contributed by atoms with Gasteiger partial charge in [0.2, 0.25) is 5.95 Å². The second kappa shape index (κ2) is 4.47. The topological polar surface area (TPSA) is 50.7 Å². The Morgan fingerprint density at radius 1 is 1.18 bits per heavy atom. The van der Waals surface area contributed by atoms with Gasteiger partial charge in [0, 0.05) is 22.7 Å². The Kier molecular flexibility index (Phi) is 2.67. The molecule has 3 aromatic rings. The first-order valence-electron chi connectivity index (χ1n) is 5.25. The Bertz CT molecular complexity index is 621. The molecule has 0 atom stereocenters. The molecule has 0 saturated carbocycles. The summed E-state index contributed by atoms with van der Waals surface area (Å²) in [6.07, 6.45) is 3.68. The van der Waals surface area contributed by atoms with Crippen LogP contribution in [0.25, 0.3) is 10.9 Å². The number of hydrogen-bond donors (Lipinski definition) is 1. The molecule has 0 saturated heterocycles. The summed E-state index contributed by atoms with van der Waals surface area (Å²) in [6, 6.07) is 7.94. The van der Waals surface area contributed by atoms with Crippen LogP contribution in [0.4, 0.5) is 5.95 Å². The molecule has 84 valence electrons. The van der Waals surface area contributed by atoms with Gasteiger partial charge in [-0.2, -0.15) is 0 Å². The van der Waals surface area contributed by atoms with Crippen LogP contribution in [0.3, 0.4) is 0 Å². The number of hydrogen-bond acceptors (Lipinski definition) is 5. The molecule has 0 spiro atoms. The van der Waals surface area contributed by atoms with Crippen LogP contribution in [0.5, 0.6) is 0 Å². The van der Waals surface area contributed by atoms with E-state index in [9.17, 15) is 0 Å². The lowest BCUT2D eigenvalue weighted by atomic mass is 10.2. The molecule has 0 fully saturated rings. The van der Waals surface area contributed by atoms with Crippen LogP contribution in [0.15, 0.2) is 42.2 Å². The molecule has 17 heavy (non-hydrogen) atoms. The van der Waals surface area contributed by atoms with Crippen LogP contribution < -0.4 is 5.32 Å². The maximum absolute atomic E-state index is 4.44. The van der Waals surface area contributed by atoms with E-state index in [1.165, 1.54) is 4.88 Å². The van der Waals surface area contributed by atoms with Crippen molar-refractivity contribution in [2.45, 2.75) is 6.54 Å². The van der Waals surface area contributed by atoms with Crippen molar-refractivity contribution in [1.82, 2.24) is 15.0 Å². The molecule has 0 amide bonds. The SMILES string of the molecule is c1ccc2nc(NCc3cncs3)ncc2c1. The molecule has 0 aliphatic rings. The number of anilines is 1. The van der Waals surface area contributed by atoms with Crippen molar-refractivity contribution in [3.63, 3.8) is 0 Å². The number of aromatic nitrogens is 3. The second-order valence-corrected chi connectivity index (χ2v) is 4.54. The minimum absolute atomic E-state index is 0.650. The summed E-state index contributed by atoms with van der Waals surface area (Å²) in [4.78, 5) is 13.9. The van der Waals surface area contributed by atoms with Gasteiger partial charge in [0.1, 0.15) is 0 Å². The van der Waals surface area contributed by atoms with E-state index in [2.05, 4.69) is 20.3 Å². The Hall–Kier alpha value is -2.01. The van der Waals surface area contributed by atoms with Crippen LogP contribution in [-0.4, -0.2) is 15.0 Å². The van der Waals surface area contributed by atoms with E-state index in [1.54, 1.807) is 11.3 Å². The molecule has 0 aliphatic heterocycles. The first kappa shape index (κ1) is 10.2. The van der Waals surface area contributed by atoms with Crippen molar-refractivity contribution in [3.05, 3.63) is 47.0 Å². The molecule has 2 heterocycles. The zero-order chi connectivity index (χ0) is 11.5. The summed E-state index contributed by atoms with van der Waals surface area (Å²) in [5.74, 6) is 0.650. The third-order valence-electron chi connectivity index (χ3n) is 2.39. The van der Waals surface area contributed by atoms with Gasteiger partial charge in [-0.1, -0.05) is 18.2 Å². The monoisotopic (exact) mass is 242 g/mol. The molecule has 0 unspecified atom stereocenters. The molecule has 2 aromatic heterocycles. The number of benzene rings is 1. The fourth-order valence-corrected chi connectivity index (χ4v) is 2.09. The Balaban J connectivity index is 1.81. The maximum atomic E-state index is 4.44. The third kappa shape index (κ3) is 2.24. The molecule has 0 bridgehead atoms. The highest BCUT2D eigenvalue weighted by molar-refractivity contribution is 7.09. The number of nitrogens with zero attached hydrogens (tertiary/aromatic N) is 3. The van der Waals surface area contributed by atoms with E-state index in [0.29, 0.717) is 12.5 Å². The van der Waals surface area contributed by atoms with Gasteiger partial charge in [-0.15, -0.1) is 11.3 Å². The first-order chi connectivity index (χ1) is 8.42. The van der Waals surface area contributed by atoms with E-state index in [1.807, 2.05) is 42.2 Å². The predicted molar refractivity (Wildman–Crippen MR) is 69.0 cm³/mol. The Morgan fingerprint density at radius 2 is 2.12 bits per heavy atom. The minimum Gasteiger partial charge on any atom is -0.349 e. The van der Waals surface area contributed by atoms with Crippen molar-refractivity contribution in [2.24, 2.45) is 0 Å². The van der Waals surface area contributed by atoms with Crippen molar-refractivity contribution in [1.29, 1.82) is 0 Å². The molecule has 3 rings (SSSR count). The molecule has 0 radical (unpaired) electrons. The summed E-state index contributed by atoms with van der Waals surface area (Å²) in [6.45, 7) is 0.711. The largest absolute Gasteiger partial charge is 0.349 e. The number of para-hydroxylation sites is 1. The smallest absolute Gasteiger partial charge is 0.223 e. The number of thiazole rings is 1. The van der Waals surface area contributed by atoms with Gasteiger partial charge in [-0.3, -0.25) is 4.98 Å². The highest BCUT2D eigenvalue weighted by atomic mass is 32.1. The number of fused-ring (bicyclic) bond motifs is 1. The second-order valence-electron chi connectivity index (χ2n) is 3.57. The fourth-order valence-electron chi connectivity index (χ4n) is 1.55. The summed E-state index contributed by atoms with van der Waals surface area (Å²) < 4.78 is 0. The summed E-state index contributed by atoms with van der Waals surface area (Å²) in [5.41, 5.74) is 2.77. The summed E-state index contributed by atoms with van der Waals surface area (Å²) in [5, 5.41) is 4.24. The van der Waals surface area contributed by atoms with Gasteiger partial charge in [0.25, 0.3) is 0 Å².